The second-order valence-corrected chi connectivity index (χ2v) is 13.7. The van der Waals surface area contributed by atoms with Gasteiger partial charge in [-0.3, -0.25) is 14.4 Å². The normalized spacial score (nSPS) is 20.6. The Morgan fingerprint density at radius 2 is 1.93 bits per heavy atom. The van der Waals surface area contributed by atoms with Crippen LogP contribution >= 0.6 is 15.9 Å². The fourth-order valence-corrected chi connectivity index (χ4v) is 7.28. The van der Waals surface area contributed by atoms with Gasteiger partial charge in [0.2, 0.25) is 11.8 Å². The van der Waals surface area contributed by atoms with Crippen molar-refractivity contribution in [2.45, 2.75) is 72.5 Å². The number of aryl methyl sites for hydroxylation is 3. The molecule has 1 saturated heterocycles. The Balaban J connectivity index is 1.25. The van der Waals surface area contributed by atoms with Gasteiger partial charge < -0.3 is 14.8 Å². The highest BCUT2D eigenvalue weighted by Gasteiger charge is 2.60. The smallest absolute Gasteiger partial charge is 0.248 e. The molecule has 1 aliphatic heterocycles. The molecular weight excluding hydrogens is 653 g/mol. The third kappa shape index (κ3) is 4.99. The second kappa shape index (κ2) is 10.8. The number of Topliss-reactive ketones (excluding diaryl/α,β-unsaturated/α-hetero) is 1. The number of aromatic nitrogens is 5. The Labute approximate surface area is 273 Å². The minimum atomic E-state index is -0.680. The second-order valence-electron chi connectivity index (χ2n) is 12.9. The first-order valence-corrected chi connectivity index (χ1v) is 16.0. The van der Waals surface area contributed by atoms with Gasteiger partial charge in [-0.2, -0.15) is 5.10 Å². The molecule has 2 amide bonds. The van der Waals surface area contributed by atoms with Crippen molar-refractivity contribution in [3.63, 3.8) is 0 Å². The molecule has 5 heterocycles. The van der Waals surface area contributed by atoms with E-state index in [2.05, 4.69) is 43.2 Å². The number of piperidine rings is 1. The number of likely N-dealkylation sites (tertiary alicyclic amines) is 1. The van der Waals surface area contributed by atoms with Crippen molar-refractivity contribution in [2.75, 3.05) is 5.32 Å². The summed E-state index contributed by atoms with van der Waals surface area (Å²) in [4.78, 5) is 51.2. The maximum atomic E-state index is 16.1. The van der Waals surface area contributed by atoms with Crippen LogP contribution < -0.4 is 5.32 Å². The number of amides is 2. The summed E-state index contributed by atoms with van der Waals surface area (Å²) in [7, 11) is 0. The molecule has 3 atom stereocenters. The van der Waals surface area contributed by atoms with Crippen LogP contribution in [0.1, 0.15) is 60.3 Å². The van der Waals surface area contributed by atoms with Crippen LogP contribution in [0.25, 0.3) is 27.7 Å². The maximum Gasteiger partial charge on any atom is 0.248 e. The van der Waals surface area contributed by atoms with Crippen LogP contribution in [0.3, 0.4) is 0 Å². The SMILES string of the molecule is CC(=O)c1cn(CC(=O)N2[C@H](C(=O)Nc3nc(Br)ccc3C)CC[C@@]3(C)C[C@@H]23)c2c(C)c(F)c(-c3cnc4cc(C)nn4c3)cc12. The average molecular weight is 687 g/mol. The molecule has 1 aromatic carbocycles. The molecule has 0 bridgehead atoms. The first-order chi connectivity index (χ1) is 21.8. The fourth-order valence-electron chi connectivity index (χ4n) is 6.97. The number of pyridine rings is 1. The van der Waals surface area contributed by atoms with Crippen molar-refractivity contribution in [1.29, 1.82) is 0 Å². The van der Waals surface area contributed by atoms with Crippen LogP contribution in [0.15, 0.2) is 47.5 Å². The quantitative estimate of drug-likeness (QED) is 0.169. The number of carbonyl (C=O) groups is 3. The molecule has 10 nitrogen and oxygen atoms in total. The Bertz CT molecular complexity index is 2120. The van der Waals surface area contributed by atoms with Crippen LogP contribution in [-0.2, 0) is 16.1 Å². The van der Waals surface area contributed by atoms with Gasteiger partial charge in [0.25, 0.3) is 0 Å². The molecule has 0 spiro atoms. The van der Waals surface area contributed by atoms with Gasteiger partial charge in [-0.05, 0) is 86.0 Å². The average Bonchev–Trinajstić information content (AvgIpc) is 3.35. The number of ketones is 1. The van der Waals surface area contributed by atoms with E-state index in [1.807, 2.05) is 26.0 Å². The Kier molecular flexibility index (Phi) is 7.11. The zero-order chi connectivity index (χ0) is 32.7. The van der Waals surface area contributed by atoms with E-state index in [0.29, 0.717) is 50.1 Å². The summed E-state index contributed by atoms with van der Waals surface area (Å²) < 4.78 is 20.0. The fraction of sp³-hybridized carbons (Fsp3) is 0.353. The summed E-state index contributed by atoms with van der Waals surface area (Å²) in [5.74, 6) is -0.778. The molecule has 1 N–H and O–H groups in total. The number of hydrogen-bond donors (Lipinski definition) is 1. The Morgan fingerprint density at radius 3 is 2.70 bits per heavy atom. The van der Waals surface area contributed by atoms with E-state index in [4.69, 9.17) is 0 Å². The van der Waals surface area contributed by atoms with Gasteiger partial charge in [0.05, 0.1) is 11.2 Å². The van der Waals surface area contributed by atoms with E-state index in [1.165, 1.54) is 6.92 Å². The molecule has 1 saturated carbocycles. The largest absolute Gasteiger partial charge is 0.337 e. The minimum absolute atomic E-state index is 0.0428. The van der Waals surface area contributed by atoms with Gasteiger partial charge in [-0.25, -0.2) is 18.9 Å². The van der Waals surface area contributed by atoms with Crippen LogP contribution in [0, 0.1) is 32.0 Å². The first kappa shape index (κ1) is 30.2. The van der Waals surface area contributed by atoms with Crippen molar-refractivity contribution >= 4 is 55.9 Å². The van der Waals surface area contributed by atoms with Crippen LogP contribution in [0.2, 0.25) is 0 Å². The van der Waals surface area contributed by atoms with E-state index in [1.54, 1.807) is 51.6 Å². The van der Waals surface area contributed by atoms with Crippen LogP contribution in [0.5, 0.6) is 0 Å². The zero-order valence-electron chi connectivity index (χ0n) is 26.2. The predicted octanol–water partition coefficient (Wildman–Crippen LogP) is 6.18. The van der Waals surface area contributed by atoms with Gasteiger partial charge in [0, 0.05) is 58.3 Å². The molecule has 0 unspecified atom stereocenters. The highest BCUT2D eigenvalue weighted by Crippen LogP contribution is 2.57. The lowest BCUT2D eigenvalue weighted by atomic mass is 9.92. The first-order valence-electron chi connectivity index (χ1n) is 15.2. The molecule has 12 heteroatoms. The summed E-state index contributed by atoms with van der Waals surface area (Å²) in [6, 6.07) is 6.39. The molecule has 0 radical (unpaired) electrons. The topological polar surface area (TPSA) is 114 Å². The minimum Gasteiger partial charge on any atom is -0.337 e. The van der Waals surface area contributed by atoms with Crippen LogP contribution in [-0.4, -0.2) is 58.7 Å². The highest BCUT2D eigenvalue weighted by molar-refractivity contribution is 9.10. The molecule has 2 aliphatic rings. The third-order valence-electron chi connectivity index (χ3n) is 9.62. The molecular formula is C34H33BrFN7O3. The van der Waals surface area contributed by atoms with E-state index in [9.17, 15) is 14.4 Å². The number of carbonyl (C=O) groups excluding carboxylic acids is 3. The lowest BCUT2D eigenvalue weighted by Gasteiger charge is -2.37. The summed E-state index contributed by atoms with van der Waals surface area (Å²) >= 11 is 3.36. The van der Waals surface area contributed by atoms with Gasteiger partial charge in [0.1, 0.15) is 28.8 Å². The van der Waals surface area contributed by atoms with Crippen molar-refractivity contribution in [1.82, 2.24) is 29.0 Å². The number of hydrogen-bond acceptors (Lipinski definition) is 6. The van der Waals surface area contributed by atoms with Crippen molar-refractivity contribution in [2.24, 2.45) is 5.41 Å². The van der Waals surface area contributed by atoms with E-state index >= 15 is 4.39 Å². The number of benzene rings is 1. The number of halogens is 2. The Hall–Kier alpha value is -4.45. The third-order valence-corrected chi connectivity index (χ3v) is 10.1. The number of nitrogens with one attached hydrogen (secondary N) is 1. The number of nitrogens with zero attached hydrogens (tertiary/aromatic N) is 6. The summed E-state index contributed by atoms with van der Waals surface area (Å²) in [5.41, 5.74) is 4.17. The standard InChI is InChI=1S/C34H33BrFN7O3/c1-17-6-7-27(35)38-32(17)39-33(46)25-8-9-34(5)12-26(34)43(25)29(45)16-41-15-24(20(4)44)23-11-22(30(36)19(3)31(23)41)21-13-37-28-10-18(2)40-42(28)14-21/h6-7,10-11,13-15,25-26H,8-9,12,16H2,1-5H3,(H,38,39,46)/t25-,26+,34-/m0/s1. The molecule has 1 aliphatic carbocycles. The number of rotatable bonds is 6. The van der Waals surface area contributed by atoms with Crippen LogP contribution in [0.4, 0.5) is 10.2 Å². The molecule has 4 aromatic heterocycles. The van der Waals surface area contributed by atoms with Gasteiger partial charge >= 0.3 is 0 Å². The van der Waals surface area contributed by atoms with Gasteiger partial charge in [-0.15, -0.1) is 0 Å². The molecule has 236 valence electrons. The van der Waals surface area contributed by atoms with Gasteiger partial charge in [0.15, 0.2) is 11.4 Å². The maximum absolute atomic E-state index is 16.1. The molecule has 5 aromatic rings. The summed E-state index contributed by atoms with van der Waals surface area (Å²) in [6.07, 6.45) is 7.09. The monoisotopic (exact) mass is 685 g/mol. The molecule has 7 rings (SSSR count). The van der Waals surface area contributed by atoms with E-state index < -0.39 is 11.9 Å². The number of fused-ring (bicyclic) bond motifs is 3. The summed E-state index contributed by atoms with van der Waals surface area (Å²) in [5, 5.41) is 7.88. The number of anilines is 1. The lowest BCUT2D eigenvalue weighted by Crippen LogP contribution is -2.53. The van der Waals surface area contributed by atoms with E-state index in [-0.39, 0.29) is 41.2 Å². The van der Waals surface area contributed by atoms with Crippen molar-refractivity contribution in [3.05, 3.63) is 75.7 Å². The Morgan fingerprint density at radius 1 is 1.15 bits per heavy atom. The molecule has 46 heavy (non-hydrogen) atoms. The summed E-state index contributed by atoms with van der Waals surface area (Å²) in [6.45, 7) is 8.82. The van der Waals surface area contributed by atoms with Crippen molar-refractivity contribution in [3.8, 4) is 11.1 Å². The van der Waals surface area contributed by atoms with Gasteiger partial charge in [-0.1, -0.05) is 13.0 Å². The molecule has 2 fully saturated rings. The highest BCUT2D eigenvalue weighted by atomic mass is 79.9. The van der Waals surface area contributed by atoms with E-state index in [0.717, 1.165) is 24.1 Å². The lowest BCUT2D eigenvalue weighted by molar-refractivity contribution is -0.142. The predicted molar refractivity (Wildman–Crippen MR) is 175 cm³/mol. The zero-order valence-corrected chi connectivity index (χ0v) is 27.8. The van der Waals surface area contributed by atoms with Crippen molar-refractivity contribution < 1.29 is 18.8 Å².